The van der Waals surface area contributed by atoms with E-state index in [9.17, 15) is 3.07 Å². The molecular formula is C7H7IO2. The van der Waals surface area contributed by atoms with Crippen molar-refractivity contribution < 1.29 is 7.81 Å². The van der Waals surface area contributed by atoms with E-state index in [0.717, 1.165) is 9.32 Å². The lowest BCUT2D eigenvalue weighted by molar-refractivity contribution is 0.414. The molecule has 0 heterocycles. The van der Waals surface area contributed by atoms with Gasteiger partial charge in [0, 0.05) is 3.57 Å². The van der Waals surface area contributed by atoms with E-state index in [1.165, 1.54) is 0 Å². The molecule has 0 radical (unpaired) electrons. The Morgan fingerprint density at radius 2 is 1.90 bits per heavy atom. The summed E-state index contributed by atoms with van der Waals surface area (Å²) in [4.78, 5) is 0. The third-order valence-electron chi connectivity index (χ3n) is 1.14. The zero-order chi connectivity index (χ0) is 7.40. The summed E-state index contributed by atoms with van der Waals surface area (Å²) in [6.07, 6.45) is 0. The van der Waals surface area contributed by atoms with Gasteiger partial charge in [-0.2, -0.15) is 0 Å². The van der Waals surface area contributed by atoms with E-state index in [4.69, 9.17) is 4.74 Å². The molecule has 0 fully saturated rings. The highest BCUT2D eigenvalue weighted by molar-refractivity contribution is 14.1. The Bertz CT molecular complexity index is 218. The van der Waals surface area contributed by atoms with Gasteiger partial charge in [-0.05, 0) is 24.3 Å². The van der Waals surface area contributed by atoms with Gasteiger partial charge in [0.15, 0.2) is 21.2 Å². The Hall–Kier alpha value is -0.450. The number of hydrogen-bond donors (Lipinski definition) is 0. The maximum Gasteiger partial charge on any atom is 0.182 e. The summed E-state index contributed by atoms with van der Waals surface area (Å²) in [5.74, 6) is 0.807. The fourth-order valence-electron chi connectivity index (χ4n) is 0.622. The van der Waals surface area contributed by atoms with Gasteiger partial charge in [-0.1, -0.05) is 0 Å². The Morgan fingerprint density at radius 3 is 2.30 bits per heavy atom. The van der Waals surface area contributed by atoms with Crippen molar-refractivity contribution in [3.63, 3.8) is 0 Å². The number of hydrogen-bond acceptors (Lipinski definition) is 2. The molecule has 1 aromatic rings. The van der Waals surface area contributed by atoms with Crippen LogP contribution in [0.5, 0.6) is 5.75 Å². The molecule has 0 aliphatic rings. The maximum absolute atomic E-state index is 10.4. The largest absolute Gasteiger partial charge is 0.497 e. The molecule has 0 aliphatic heterocycles. The molecule has 0 aliphatic carbocycles. The topological polar surface area (TPSA) is 26.3 Å². The second-order valence-electron chi connectivity index (χ2n) is 1.74. The quantitative estimate of drug-likeness (QED) is 0.752. The van der Waals surface area contributed by atoms with Crippen molar-refractivity contribution in [3.05, 3.63) is 27.8 Å². The molecule has 10 heavy (non-hydrogen) atoms. The molecule has 0 saturated heterocycles. The minimum atomic E-state index is -1.01. The van der Waals surface area contributed by atoms with E-state index >= 15 is 0 Å². The normalized spacial score (nSPS) is 9.30. The Labute approximate surface area is 69.8 Å². The molecule has 54 valence electrons. The van der Waals surface area contributed by atoms with Crippen molar-refractivity contribution >= 4 is 21.2 Å². The first-order valence-corrected chi connectivity index (χ1v) is 4.74. The Kier molecular flexibility index (Phi) is 2.80. The third kappa shape index (κ3) is 1.76. The van der Waals surface area contributed by atoms with Gasteiger partial charge in [-0.25, -0.2) is 0 Å². The zero-order valence-corrected chi connectivity index (χ0v) is 7.66. The van der Waals surface area contributed by atoms with E-state index in [1.54, 1.807) is 7.11 Å². The third-order valence-corrected chi connectivity index (χ3v) is 2.37. The maximum atomic E-state index is 10.4. The minimum absolute atomic E-state index is 0.807. The summed E-state index contributed by atoms with van der Waals surface area (Å²) in [5, 5.41) is 0. The van der Waals surface area contributed by atoms with Crippen LogP contribution < -0.4 is 4.74 Å². The van der Waals surface area contributed by atoms with Crippen LogP contribution in [0.1, 0.15) is 0 Å². The second kappa shape index (κ2) is 3.65. The molecule has 0 bridgehead atoms. The van der Waals surface area contributed by atoms with Crippen LogP contribution in [0.2, 0.25) is 0 Å². The standard InChI is InChI=1S/C7H7IO2/c1-10-7-4-2-6(8-9)3-5-7/h2-5H,1H3. The first kappa shape index (κ1) is 7.65. The average molecular weight is 250 g/mol. The van der Waals surface area contributed by atoms with Crippen molar-refractivity contribution in [2.75, 3.05) is 7.11 Å². The molecule has 0 unspecified atom stereocenters. The summed E-state index contributed by atoms with van der Waals surface area (Å²) in [6, 6.07) is 7.26. The fourth-order valence-corrected chi connectivity index (χ4v) is 1.28. The highest BCUT2D eigenvalue weighted by Crippen LogP contribution is 2.14. The molecule has 0 atom stereocenters. The van der Waals surface area contributed by atoms with E-state index in [1.807, 2.05) is 24.3 Å². The summed E-state index contributed by atoms with van der Waals surface area (Å²) >= 11 is -1.01. The van der Waals surface area contributed by atoms with Crippen LogP contribution in [0.3, 0.4) is 0 Å². The fraction of sp³-hybridized carbons (Fsp3) is 0.143. The molecule has 0 saturated carbocycles. The lowest BCUT2D eigenvalue weighted by atomic mass is 10.3. The molecule has 2 nitrogen and oxygen atoms in total. The van der Waals surface area contributed by atoms with Gasteiger partial charge in [-0.15, -0.1) is 0 Å². The molecule has 0 aromatic heterocycles. The molecule has 3 heteroatoms. The number of methoxy groups -OCH3 is 1. The van der Waals surface area contributed by atoms with Crippen LogP contribution in [0.25, 0.3) is 0 Å². The summed E-state index contributed by atoms with van der Waals surface area (Å²) < 4.78 is 16.2. The van der Waals surface area contributed by atoms with E-state index in [0.29, 0.717) is 0 Å². The predicted molar refractivity (Wildman–Crippen MR) is 46.4 cm³/mol. The molecule has 0 spiro atoms. The highest BCUT2D eigenvalue weighted by Gasteiger charge is 1.90. The van der Waals surface area contributed by atoms with Crippen LogP contribution in [-0.2, 0) is 3.07 Å². The second-order valence-corrected chi connectivity index (χ2v) is 3.42. The van der Waals surface area contributed by atoms with Gasteiger partial charge in [0.05, 0.1) is 7.11 Å². The predicted octanol–water partition coefficient (Wildman–Crippen LogP) is 2.18. The van der Waals surface area contributed by atoms with Crippen LogP contribution >= 0.6 is 21.2 Å². The van der Waals surface area contributed by atoms with Gasteiger partial charge >= 0.3 is 0 Å². The van der Waals surface area contributed by atoms with Crippen molar-refractivity contribution in [2.24, 2.45) is 0 Å². The molecule has 0 N–H and O–H groups in total. The Morgan fingerprint density at radius 1 is 1.30 bits per heavy atom. The number of halogens is 1. The number of rotatable bonds is 2. The van der Waals surface area contributed by atoms with E-state index < -0.39 is 21.2 Å². The van der Waals surface area contributed by atoms with Crippen LogP contribution in [0.4, 0.5) is 0 Å². The Balaban J connectivity index is 2.90. The van der Waals surface area contributed by atoms with Crippen LogP contribution in [0, 0.1) is 3.57 Å². The summed E-state index contributed by atoms with van der Waals surface area (Å²) in [5.41, 5.74) is 0. The summed E-state index contributed by atoms with van der Waals surface area (Å²) in [6.45, 7) is 0. The lowest BCUT2D eigenvalue weighted by Crippen LogP contribution is -1.80. The van der Waals surface area contributed by atoms with Crippen LogP contribution in [-0.4, -0.2) is 7.11 Å². The van der Waals surface area contributed by atoms with E-state index in [-0.39, 0.29) is 0 Å². The molecular weight excluding hydrogens is 243 g/mol. The van der Waals surface area contributed by atoms with Gasteiger partial charge in [0.2, 0.25) is 0 Å². The minimum Gasteiger partial charge on any atom is -0.497 e. The number of ether oxygens (including phenoxy) is 1. The molecule has 1 aromatic carbocycles. The molecule has 0 amide bonds. The SMILES string of the molecule is COc1ccc(I=O)cc1. The summed E-state index contributed by atoms with van der Waals surface area (Å²) in [7, 11) is 1.61. The van der Waals surface area contributed by atoms with E-state index in [2.05, 4.69) is 0 Å². The lowest BCUT2D eigenvalue weighted by Gasteiger charge is -1.96. The van der Waals surface area contributed by atoms with Gasteiger partial charge in [0.1, 0.15) is 5.75 Å². The van der Waals surface area contributed by atoms with Gasteiger partial charge in [-0.3, -0.25) is 3.07 Å². The van der Waals surface area contributed by atoms with Gasteiger partial charge < -0.3 is 4.74 Å². The van der Waals surface area contributed by atoms with Gasteiger partial charge in [0.25, 0.3) is 0 Å². The van der Waals surface area contributed by atoms with Crippen molar-refractivity contribution in [2.45, 2.75) is 0 Å². The van der Waals surface area contributed by atoms with Crippen molar-refractivity contribution in [3.8, 4) is 5.75 Å². The highest BCUT2D eigenvalue weighted by atomic mass is 127. The zero-order valence-electron chi connectivity index (χ0n) is 5.50. The number of benzene rings is 1. The van der Waals surface area contributed by atoms with Crippen LogP contribution in [0.15, 0.2) is 24.3 Å². The average Bonchev–Trinajstić information content (AvgIpc) is 2.05. The first-order valence-electron chi connectivity index (χ1n) is 2.78. The monoisotopic (exact) mass is 250 g/mol. The van der Waals surface area contributed by atoms with Crippen molar-refractivity contribution in [1.82, 2.24) is 0 Å². The smallest absolute Gasteiger partial charge is 0.182 e. The van der Waals surface area contributed by atoms with Crippen molar-refractivity contribution in [1.29, 1.82) is 0 Å². The first-order chi connectivity index (χ1) is 4.86. The molecule has 1 rings (SSSR count).